The molecule has 1 aromatic heterocycles. The van der Waals surface area contributed by atoms with Gasteiger partial charge in [0, 0.05) is 23.1 Å². The van der Waals surface area contributed by atoms with Gasteiger partial charge in [-0.15, -0.1) is 0 Å². The largest absolute Gasteiger partial charge is 0.322 e. The number of imide groups is 1. The summed E-state index contributed by atoms with van der Waals surface area (Å²) in [5.74, 6) is -1.09. The standard InChI is InChI=1S/C20H14ClN3O3/c1-10-15(8-11-7-12(21)3-6-17(11)22-10)18(25)23-13-4-5-14-16(9-13)20(27)24(2)19(14)26/h3-9H,1-2H3,(H,23,25). The fourth-order valence-corrected chi connectivity index (χ4v) is 3.29. The Kier molecular flexibility index (Phi) is 3.93. The van der Waals surface area contributed by atoms with Crippen molar-refractivity contribution in [2.45, 2.75) is 6.92 Å². The first kappa shape index (κ1) is 17.2. The van der Waals surface area contributed by atoms with Crippen molar-refractivity contribution < 1.29 is 14.4 Å². The molecule has 1 N–H and O–H groups in total. The fourth-order valence-electron chi connectivity index (χ4n) is 3.11. The summed E-state index contributed by atoms with van der Waals surface area (Å²) in [6.07, 6.45) is 0. The number of nitrogens with zero attached hydrogens (tertiary/aromatic N) is 2. The molecule has 0 fully saturated rings. The van der Waals surface area contributed by atoms with E-state index in [0.717, 1.165) is 15.8 Å². The minimum Gasteiger partial charge on any atom is -0.322 e. The Bertz CT molecular complexity index is 1160. The van der Waals surface area contributed by atoms with Crippen molar-refractivity contribution in [3.8, 4) is 0 Å². The Morgan fingerprint density at radius 1 is 1.04 bits per heavy atom. The average molecular weight is 380 g/mol. The van der Waals surface area contributed by atoms with Gasteiger partial charge in [-0.25, -0.2) is 0 Å². The second kappa shape index (κ2) is 6.17. The minimum absolute atomic E-state index is 0.278. The SMILES string of the molecule is Cc1nc2ccc(Cl)cc2cc1C(=O)Nc1ccc2c(c1)C(=O)N(C)C2=O. The summed E-state index contributed by atoms with van der Waals surface area (Å²) in [6, 6.07) is 11.7. The molecule has 0 unspecified atom stereocenters. The number of amides is 3. The van der Waals surface area contributed by atoms with Crippen LogP contribution in [0, 0.1) is 6.92 Å². The van der Waals surface area contributed by atoms with Gasteiger partial charge in [0.15, 0.2) is 0 Å². The van der Waals surface area contributed by atoms with Crippen molar-refractivity contribution in [3.05, 3.63) is 69.9 Å². The predicted octanol–water partition coefficient (Wildman–Crippen LogP) is 3.67. The molecule has 0 saturated heterocycles. The second-order valence-electron chi connectivity index (χ2n) is 6.34. The normalized spacial score (nSPS) is 13.2. The van der Waals surface area contributed by atoms with Crippen LogP contribution >= 0.6 is 11.6 Å². The molecule has 1 aliphatic rings. The Morgan fingerprint density at radius 2 is 1.78 bits per heavy atom. The number of carbonyl (C=O) groups excluding carboxylic acids is 3. The Morgan fingerprint density at radius 3 is 2.56 bits per heavy atom. The molecule has 2 heterocycles. The summed E-state index contributed by atoms with van der Waals surface area (Å²) < 4.78 is 0. The fraction of sp³-hybridized carbons (Fsp3) is 0.100. The summed E-state index contributed by atoms with van der Waals surface area (Å²) >= 11 is 6.02. The zero-order chi connectivity index (χ0) is 19.3. The van der Waals surface area contributed by atoms with Crippen molar-refractivity contribution in [3.63, 3.8) is 0 Å². The van der Waals surface area contributed by atoms with Gasteiger partial charge in [-0.3, -0.25) is 24.3 Å². The zero-order valence-corrected chi connectivity index (χ0v) is 15.3. The monoisotopic (exact) mass is 379 g/mol. The number of aryl methyl sites for hydroxylation is 1. The maximum Gasteiger partial charge on any atom is 0.261 e. The van der Waals surface area contributed by atoms with E-state index in [2.05, 4.69) is 10.3 Å². The summed E-state index contributed by atoms with van der Waals surface area (Å²) in [6.45, 7) is 1.75. The number of benzene rings is 2. The highest BCUT2D eigenvalue weighted by Gasteiger charge is 2.32. The van der Waals surface area contributed by atoms with Gasteiger partial charge in [-0.2, -0.15) is 0 Å². The van der Waals surface area contributed by atoms with Crippen LogP contribution in [0.15, 0.2) is 42.5 Å². The van der Waals surface area contributed by atoms with Crippen LogP contribution in [0.1, 0.15) is 36.8 Å². The average Bonchev–Trinajstić information content (AvgIpc) is 2.85. The van der Waals surface area contributed by atoms with Crippen LogP contribution in [-0.2, 0) is 0 Å². The van der Waals surface area contributed by atoms with Crippen LogP contribution in [0.2, 0.25) is 5.02 Å². The third-order valence-electron chi connectivity index (χ3n) is 4.56. The Balaban J connectivity index is 1.67. The number of anilines is 1. The molecular formula is C20H14ClN3O3. The summed E-state index contributed by atoms with van der Waals surface area (Å²) in [5.41, 5.74) is 2.78. The number of fused-ring (bicyclic) bond motifs is 2. The van der Waals surface area contributed by atoms with Crippen LogP contribution in [-0.4, -0.2) is 34.7 Å². The van der Waals surface area contributed by atoms with Gasteiger partial charge in [-0.05, 0) is 49.4 Å². The van der Waals surface area contributed by atoms with Crippen molar-refractivity contribution in [1.29, 1.82) is 0 Å². The number of halogens is 1. The zero-order valence-electron chi connectivity index (χ0n) is 14.5. The Hall–Kier alpha value is -3.25. The lowest BCUT2D eigenvalue weighted by Crippen LogP contribution is -2.24. The molecule has 2 aromatic carbocycles. The van der Waals surface area contributed by atoms with Crippen LogP contribution in [0.3, 0.4) is 0 Å². The maximum absolute atomic E-state index is 12.7. The van der Waals surface area contributed by atoms with Crippen LogP contribution < -0.4 is 5.32 Å². The van der Waals surface area contributed by atoms with Crippen LogP contribution in [0.5, 0.6) is 0 Å². The molecule has 3 amide bonds. The van der Waals surface area contributed by atoms with Crippen molar-refractivity contribution >= 4 is 45.9 Å². The summed E-state index contributed by atoms with van der Waals surface area (Å²) in [4.78, 5) is 42.3. The number of rotatable bonds is 2. The van der Waals surface area contributed by atoms with E-state index in [4.69, 9.17) is 11.6 Å². The number of aromatic nitrogens is 1. The number of pyridine rings is 1. The first-order valence-corrected chi connectivity index (χ1v) is 8.57. The van der Waals surface area contributed by atoms with E-state index in [1.807, 2.05) is 0 Å². The van der Waals surface area contributed by atoms with Gasteiger partial charge in [0.05, 0.1) is 27.9 Å². The molecule has 0 atom stereocenters. The molecule has 0 spiro atoms. The molecular weight excluding hydrogens is 366 g/mol. The lowest BCUT2D eigenvalue weighted by Gasteiger charge is -2.10. The van der Waals surface area contributed by atoms with E-state index in [0.29, 0.717) is 27.5 Å². The first-order valence-electron chi connectivity index (χ1n) is 8.20. The number of carbonyl (C=O) groups is 3. The van der Waals surface area contributed by atoms with Gasteiger partial charge in [-0.1, -0.05) is 11.6 Å². The predicted molar refractivity (Wildman–Crippen MR) is 102 cm³/mol. The van der Waals surface area contributed by atoms with Gasteiger partial charge >= 0.3 is 0 Å². The maximum atomic E-state index is 12.7. The van der Waals surface area contributed by atoms with Gasteiger partial charge in [0.1, 0.15) is 0 Å². The molecule has 0 radical (unpaired) electrons. The van der Waals surface area contributed by atoms with E-state index < -0.39 is 0 Å². The molecule has 4 rings (SSSR count). The smallest absolute Gasteiger partial charge is 0.261 e. The van der Waals surface area contributed by atoms with Crippen molar-refractivity contribution in [2.75, 3.05) is 12.4 Å². The van der Waals surface area contributed by atoms with Crippen molar-refractivity contribution in [2.24, 2.45) is 0 Å². The van der Waals surface area contributed by atoms with Crippen LogP contribution in [0.25, 0.3) is 10.9 Å². The van der Waals surface area contributed by atoms with Crippen molar-refractivity contribution in [1.82, 2.24) is 9.88 Å². The van der Waals surface area contributed by atoms with Gasteiger partial charge in [0.25, 0.3) is 17.7 Å². The van der Waals surface area contributed by atoms with E-state index in [9.17, 15) is 14.4 Å². The molecule has 0 bridgehead atoms. The Labute approximate surface area is 159 Å². The topological polar surface area (TPSA) is 79.4 Å². The quantitative estimate of drug-likeness (QED) is 0.689. The first-order chi connectivity index (χ1) is 12.8. The second-order valence-corrected chi connectivity index (χ2v) is 6.78. The molecule has 27 heavy (non-hydrogen) atoms. The minimum atomic E-state index is -0.385. The number of hydrogen-bond donors (Lipinski definition) is 1. The highest BCUT2D eigenvalue weighted by Crippen LogP contribution is 2.26. The lowest BCUT2D eigenvalue weighted by atomic mass is 10.1. The third-order valence-corrected chi connectivity index (χ3v) is 4.79. The molecule has 7 heteroatoms. The molecule has 0 aliphatic carbocycles. The van der Waals surface area contributed by atoms with E-state index in [-0.39, 0.29) is 23.3 Å². The molecule has 0 saturated carbocycles. The van der Waals surface area contributed by atoms with Gasteiger partial charge in [0.2, 0.25) is 0 Å². The molecule has 1 aliphatic heterocycles. The number of nitrogens with one attached hydrogen (secondary N) is 1. The van der Waals surface area contributed by atoms with Gasteiger partial charge < -0.3 is 5.32 Å². The molecule has 3 aromatic rings. The highest BCUT2D eigenvalue weighted by molar-refractivity contribution is 6.31. The van der Waals surface area contributed by atoms with E-state index in [1.54, 1.807) is 43.3 Å². The third kappa shape index (κ3) is 2.84. The number of hydrogen-bond acceptors (Lipinski definition) is 4. The molecule has 134 valence electrons. The summed E-state index contributed by atoms with van der Waals surface area (Å²) in [7, 11) is 1.43. The lowest BCUT2D eigenvalue weighted by molar-refractivity contribution is 0.0692. The van der Waals surface area contributed by atoms with E-state index in [1.165, 1.54) is 13.1 Å². The van der Waals surface area contributed by atoms with E-state index >= 15 is 0 Å². The summed E-state index contributed by atoms with van der Waals surface area (Å²) in [5, 5.41) is 4.08. The highest BCUT2D eigenvalue weighted by atomic mass is 35.5. The van der Waals surface area contributed by atoms with Crippen LogP contribution in [0.4, 0.5) is 5.69 Å². The molecule has 6 nitrogen and oxygen atoms in total.